The van der Waals surface area contributed by atoms with E-state index < -0.39 is 0 Å². The van der Waals surface area contributed by atoms with Crippen LogP contribution in [-0.2, 0) is 30.8 Å². The minimum atomic E-state index is 0.850. The van der Waals surface area contributed by atoms with Crippen LogP contribution in [0.25, 0.3) is 29.1 Å². The van der Waals surface area contributed by atoms with E-state index in [1.807, 2.05) is 0 Å². The summed E-state index contributed by atoms with van der Waals surface area (Å²) in [7, 11) is 0. The second kappa shape index (κ2) is 40.0. The van der Waals surface area contributed by atoms with E-state index in [4.69, 9.17) is 0 Å². The molecule has 0 atom stereocenters. The molecule has 0 fully saturated rings. The Morgan fingerprint density at radius 2 is 0.746 bits per heavy atom. The van der Waals surface area contributed by atoms with Crippen molar-refractivity contribution < 1.29 is 22.7 Å². The fourth-order valence-corrected chi connectivity index (χ4v) is 10.3. The molecular formula is C60H98N2Pd. The van der Waals surface area contributed by atoms with Crippen LogP contribution >= 0.6 is 0 Å². The van der Waals surface area contributed by atoms with E-state index in [1.54, 1.807) is 0 Å². The Hall–Kier alpha value is -2.34. The fourth-order valence-electron chi connectivity index (χ4n) is 8.32. The van der Waals surface area contributed by atoms with Crippen LogP contribution in [0.4, 0.5) is 0 Å². The Labute approximate surface area is 400 Å². The van der Waals surface area contributed by atoms with E-state index in [9.17, 15) is 5.53 Å². The van der Waals surface area contributed by atoms with Crippen molar-refractivity contribution in [3.05, 3.63) is 99.6 Å². The molecule has 0 saturated carbocycles. The molecule has 0 N–H and O–H groups in total. The Morgan fingerprint density at radius 3 is 1.14 bits per heavy atom. The van der Waals surface area contributed by atoms with Gasteiger partial charge in [0.25, 0.3) is 0 Å². The molecule has 0 radical (unpaired) electrons. The summed E-state index contributed by atoms with van der Waals surface area (Å²) in [6.07, 6.45) is 56.0. The van der Waals surface area contributed by atoms with Crippen molar-refractivity contribution in [3.8, 4) is 0 Å². The molecule has 2 nitrogen and oxygen atoms in total. The number of allylic oxidation sites excluding steroid dienone is 4. The summed E-state index contributed by atoms with van der Waals surface area (Å²) in [4.78, 5) is 3.07. The molecule has 1 aliphatic heterocycles. The van der Waals surface area contributed by atoms with Gasteiger partial charge < -0.3 is 5.53 Å². The first-order valence-corrected chi connectivity index (χ1v) is 29.2. The van der Waals surface area contributed by atoms with Gasteiger partial charge in [-0.05, 0) is 104 Å². The number of hydrogen-bond donors (Lipinski definition) is 0. The first kappa shape index (κ1) is 56.8. The zero-order chi connectivity index (χ0) is 45.4. The molecule has 1 aliphatic rings. The predicted octanol–water partition coefficient (Wildman–Crippen LogP) is 21.0. The fraction of sp³-hybridized carbons (Fsp3) is 0.667. The van der Waals surface area contributed by atoms with Crippen LogP contribution in [-0.4, -0.2) is 4.70 Å². The van der Waals surface area contributed by atoms with Crippen LogP contribution in [0.2, 0.25) is 9.79 Å². The third-order valence-electron chi connectivity index (χ3n) is 12.3. The quantitative estimate of drug-likeness (QED) is 0.0364. The molecule has 3 heteroatoms. The molecule has 0 amide bonds. The third-order valence-corrected chi connectivity index (χ3v) is 14.5. The summed E-state index contributed by atoms with van der Waals surface area (Å²) in [5.41, 5.74) is 20.7. The Balaban J connectivity index is 0.000000773. The van der Waals surface area contributed by atoms with Crippen molar-refractivity contribution in [1.82, 2.24) is 0 Å². The molecule has 2 aromatic rings. The molecule has 358 valence electrons. The van der Waals surface area contributed by atoms with Crippen LogP contribution < -0.4 is 0 Å². The molecule has 63 heavy (non-hydrogen) atoms. The topological polar surface area (TPSA) is 25.3 Å². The van der Waals surface area contributed by atoms with Gasteiger partial charge >= 0.3 is 106 Å². The van der Waals surface area contributed by atoms with Crippen molar-refractivity contribution in [2.24, 2.45) is 0 Å². The van der Waals surface area contributed by atoms with E-state index in [2.05, 4.69) is 114 Å². The third kappa shape index (κ3) is 27.7. The standard InChI is InChI=1S/C46H68N2.2C7H15.Pd/c1-5-9-13-15-17-19-21-23-25-29-41-34-42(30-26-24-22-20-18-16-14-10-6-2)38-44(37-41)46-32-31-45(48(46)47)43-35-39(27-11-7-3)33-40(36-43)28-12-8-4;2*1-3-5-7-6-4-2;/h25-26,29-38H,5-24,27-28H2,1-4H3;2*1,3-7H2,2H3;. The van der Waals surface area contributed by atoms with Crippen molar-refractivity contribution in [3.63, 3.8) is 0 Å². The Bertz CT molecular complexity index is 1480. The van der Waals surface area contributed by atoms with Gasteiger partial charge in [0.1, 0.15) is 0 Å². The van der Waals surface area contributed by atoms with Crippen molar-refractivity contribution in [2.75, 3.05) is 0 Å². The summed E-state index contributed by atoms with van der Waals surface area (Å²) in [6.45, 7) is 13.7. The maximum absolute atomic E-state index is 11.6. The Morgan fingerprint density at radius 1 is 0.397 bits per heavy atom. The molecule has 0 bridgehead atoms. The minimum absolute atomic E-state index is 0.850. The molecule has 1 heterocycles. The zero-order valence-corrected chi connectivity index (χ0v) is 43.7. The molecule has 2 aromatic carbocycles. The SMILES string of the molecule is CCCCCCCCCC=Cc1cc(C=CCCCCCCCCC)cc(C2=CC=C(c3cc(CCCC)cc(CCCC)c3)[N+]2=[N-])c1.CCCCCC[CH2][Pd][CH2]CCCCCC. The summed E-state index contributed by atoms with van der Waals surface area (Å²) < 4.78 is 1.43. The van der Waals surface area contributed by atoms with Crippen LogP contribution in [0.3, 0.4) is 0 Å². The van der Waals surface area contributed by atoms with E-state index >= 15 is 0 Å². The van der Waals surface area contributed by atoms with Gasteiger partial charge in [0.05, 0.1) is 0 Å². The summed E-state index contributed by atoms with van der Waals surface area (Å²) in [5.74, 6) is 0. The van der Waals surface area contributed by atoms with Crippen LogP contribution in [0.15, 0.2) is 60.7 Å². The average molecular weight is 954 g/mol. The van der Waals surface area contributed by atoms with Gasteiger partial charge in [-0.25, -0.2) is 4.70 Å². The van der Waals surface area contributed by atoms with Gasteiger partial charge in [-0.3, -0.25) is 0 Å². The predicted molar refractivity (Wildman–Crippen MR) is 280 cm³/mol. The number of rotatable bonds is 38. The number of aryl methyl sites for hydroxylation is 2. The van der Waals surface area contributed by atoms with Gasteiger partial charge in [0, 0.05) is 23.3 Å². The number of nitrogens with zero attached hydrogens (tertiary/aromatic N) is 2. The summed E-state index contributed by atoms with van der Waals surface area (Å²) in [5, 5.41) is 0. The van der Waals surface area contributed by atoms with Crippen molar-refractivity contribution >= 4 is 23.5 Å². The molecular weight excluding hydrogens is 855 g/mol. The molecule has 0 spiro atoms. The molecule has 0 aliphatic carbocycles. The van der Waals surface area contributed by atoms with E-state index in [0.29, 0.717) is 0 Å². The van der Waals surface area contributed by atoms with Gasteiger partial charge in [-0.15, -0.1) is 0 Å². The van der Waals surface area contributed by atoms with Crippen LogP contribution in [0, 0.1) is 0 Å². The second-order valence-electron chi connectivity index (χ2n) is 18.5. The van der Waals surface area contributed by atoms with Crippen LogP contribution in [0.5, 0.6) is 0 Å². The van der Waals surface area contributed by atoms with Crippen LogP contribution in [0.1, 0.15) is 268 Å². The van der Waals surface area contributed by atoms with E-state index in [0.717, 1.165) is 66.2 Å². The van der Waals surface area contributed by atoms with Crippen molar-refractivity contribution in [2.45, 2.75) is 257 Å². The summed E-state index contributed by atoms with van der Waals surface area (Å²) in [6, 6.07) is 13.7. The summed E-state index contributed by atoms with van der Waals surface area (Å²) >= 11 is 1.07. The maximum atomic E-state index is 11.6. The average Bonchev–Trinajstić information content (AvgIpc) is 3.69. The van der Waals surface area contributed by atoms with E-state index in [1.165, 1.54) is 217 Å². The van der Waals surface area contributed by atoms with Gasteiger partial charge in [0.15, 0.2) is 0 Å². The molecule has 0 unspecified atom stereocenters. The molecule has 3 rings (SSSR count). The van der Waals surface area contributed by atoms with Gasteiger partial charge in [-0.2, -0.15) is 0 Å². The number of hydrogen-bond acceptors (Lipinski definition) is 0. The molecule has 0 aromatic heterocycles. The monoisotopic (exact) mass is 953 g/mol. The second-order valence-corrected chi connectivity index (χ2v) is 20.8. The number of unbranched alkanes of at least 4 members (excludes halogenated alkanes) is 24. The van der Waals surface area contributed by atoms with Crippen molar-refractivity contribution in [1.29, 1.82) is 0 Å². The van der Waals surface area contributed by atoms with E-state index in [-0.39, 0.29) is 0 Å². The first-order chi connectivity index (χ1) is 31.0. The molecule has 0 saturated heterocycles. The number of benzene rings is 2. The Kier molecular flexibility index (Phi) is 36.0. The first-order valence-electron chi connectivity index (χ1n) is 27.0. The normalized spacial score (nSPS) is 12.8. The zero-order valence-electron chi connectivity index (χ0n) is 42.2. The van der Waals surface area contributed by atoms with Gasteiger partial charge in [0.2, 0.25) is 11.4 Å². The van der Waals surface area contributed by atoms with Gasteiger partial charge in [-0.1, -0.05) is 148 Å².